The molecule has 1 heterocycles. The highest BCUT2D eigenvalue weighted by Gasteiger charge is 2.31. The standard InChI is InChI=1S/C9H16ClNOS/c1-9(2,7-10)8(12)11-3-5-13-6-4-11/h3-7H2,1-2H3. The molecular weight excluding hydrogens is 206 g/mol. The third-order valence-electron chi connectivity index (χ3n) is 2.21. The summed E-state index contributed by atoms with van der Waals surface area (Å²) in [6.07, 6.45) is 0. The first-order valence-electron chi connectivity index (χ1n) is 4.51. The molecule has 0 bridgehead atoms. The third-order valence-corrected chi connectivity index (χ3v) is 3.82. The third kappa shape index (κ3) is 2.78. The summed E-state index contributed by atoms with van der Waals surface area (Å²) in [6.45, 7) is 5.57. The van der Waals surface area contributed by atoms with Crippen molar-refractivity contribution in [2.45, 2.75) is 13.8 Å². The number of carbonyl (C=O) groups excluding carboxylic acids is 1. The first kappa shape index (κ1) is 11.2. The minimum atomic E-state index is -0.399. The average Bonchev–Trinajstić information content (AvgIpc) is 2.18. The second-order valence-corrected chi connectivity index (χ2v) is 5.41. The number of amides is 1. The molecule has 0 unspecified atom stereocenters. The van der Waals surface area contributed by atoms with Crippen molar-refractivity contribution in [3.63, 3.8) is 0 Å². The number of nitrogens with zero attached hydrogens (tertiary/aromatic N) is 1. The van der Waals surface area contributed by atoms with E-state index in [4.69, 9.17) is 11.6 Å². The van der Waals surface area contributed by atoms with Gasteiger partial charge < -0.3 is 4.90 Å². The fourth-order valence-corrected chi connectivity index (χ4v) is 2.27. The van der Waals surface area contributed by atoms with Gasteiger partial charge in [-0.2, -0.15) is 11.8 Å². The van der Waals surface area contributed by atoms with Crippen molar-refractivity contribution in [3.05, 3.63) is 0 Å². The summed E-state index contributed by atoms with van der Waals surface area (Å²) in [5.74, 6) is 2.71. The van der Waals surface area contributed by atoms with Gasteiger partial charge in [-0.05, 0) is 13.8 Å². The van der Waals surface area contributed by atoms with Crippen LogP contribution in [-0.4, -0.2) is 41.3 Å². The predicted molar refractivity (Wildman–Crippen MR) is 58.4 cm³/mol. The van der Waals surface area contributed by atoms with Crippen LogP contribution < -0.4 is 0 Å². The van der Waals surface area contributed by atoms with Crippen LogP contribution in [0.4, 0.5) is 0 Å². The zero-order chi connectivity index (χ0) is 9.90. The Morgan fingerprint density at radius 3 is 2.46 bits per heavy atom. The maximum absolute atomic E-state index is 11.9. The summed E-state index contributed by atoms with van der Waals surface area (Å²) in [6, 6.07) is 0. The van der Waals surface area contributed by atoms with E-state index in [1.165, 1.54) is 0 Å². The van der Waals surface area contributed by atoms with E-state index >= 15 is 0 Å². The Kier molecular flexibility index (Phi) is 3.92. The maximum Gasteiger partial charge on any atom is 0.229 e. The normalized spacial score (nSPS) is 18.8. The number of halogens is 1. The first-order valence-corrected chi connectivity index (χ1v) is 6.20. The van der Waals surface area contributed by atoms with Crippen LogP contribution in [0.5, 0.6) is 0 Å². The van der Waals surface area contributed by atoms with E-state index in [2.05, 4.69) is 0 Å². The van der Waals surface area contributed by atoms with E-state index in [-0.39, 0.29) is 5.91 Å². The lowest BCUT2D eigenvalue weighted by Crippen LogP contribution is -2.45. The van der Waals surface area contributed by atoms with Gasteiger partial charge >= 0.3 is 0 Å². The Hall–Kier alpha value is 0.110. The van der Waals surface area contributed by atoms with Crippen LogP contribution >= 0.6 is 23.4 Å². The lowest BCUT2D eigenvalue weighted by molar-refractivity contribution is -0.138. The molecule has 0 spiro atoms. The lowest BCUT2D eigenvalue weighted by atomic mass is 9.94. The Balaban J connectivity index is 2.55. The largest absolute Gasteiger partial charge is 0.341 e. The molecule has 0 radical (unpaired) electrons. The zero-order valence-corrected chi connectivity index (χ0v) is 9.75. The van der Waals surface area contributed by atoms with Gasteiger partial charge in [0.05, 0.1) is 5.41 Å². The Morgan fingerprint density at radius 2 is 2.00 bits per heavy atom. The summed E-state index contributed by atoms with van der Waals surface area (Å²) >= 11 is 7.66. The van der Waals surface area contributed by atoms with Crippen LogP contribution in [0.15, 0.2) is 0 Å². The van der Waals surface area contributed by atoms with Crippen molar-refractivity contribution in [2.75, 3.05) is 30.5 Å². The summed E-state index contributed by atoms with van der Waals surface area (Å²) in [4.78, 5) is 13.8. The van der Waals surface area contributed by atoms with Gasteiger partial charge in [0.1, 0.15) is 0 Å². The smallest absolute Gasteiger partial charge is 0.229 e. The van der Waals surface area contributed by atoms with Gasteiger partial charge in [0.15, 0.2) is 0 Å². The quantitative estimate of drug-likeness (QED) is 0.664. The topological polar surface area (TPSA) is 20.3 Å². The van der Waals surface area contributed by atoms with Crippen molar-refractivity contribution < 1.29 is 4.79 Å². The molecule has 1 rings (SSSR count). The Bertz CT molecular complexity index is 190. The summed E-state index contributed by atoms with van der Waals surface area (Å²) in [5.41, 5.74) is -0.399. The number of hydrogen-bond donors (Lipinski definition) is 0. The highest BCUT2D eigenvalue weighted by molar-refractivity contribution is 7.99. The van der Waals surface area contributed by atoms with E-state index in [0.717, 1.165) is 24.6 Å². The van der Waals surface area contributed by atoms with Gasteiger partial charge in [0.2, 0.25) is 5.91 Å². The molecule has 0 aromatic heterocycles. The molecule has 13 heavy (non-hydrogen) atoms. The predicted octanol–water partition coefficient (Wildman–Crippen LogP) is 1.83. The second-order valence-electron chi connectivity index (χ2n) is 3.92. The monoisotopic (exact) mass is 221 g/mol. The van der Waals surface area contributed by atoms with Gasteiger partial charge in [0, 0.05) is 30.5 Å². The summed E-state index contributed by atoms with van der Waals surface area (Å²) < 4.78 is 0. The number of thioether (sulfide) groups is 1. The molecule has 1 aliphatic rings. The van der Waals surface area contributed by atoms with Crippen molar-refractivity contribution in [2.24, 2.45) is 5.41 Å². The van der Waals surface area contributed by atoms with Gasteiger partial charge in [-0.25, -0.2) is 0 Å². The molecule has 1 aliphatic heterocycles. The van der Waals surface area contributed by atoms with Crippen molar-refractivity contribution in [1.29, 1.82) is 0 Å². The molecule has 0 N–H and O–H groups in total. The highest BCUT2D eigenvalue weighted by atomic mass is 35.5. The number of carbonyl (C=O) groups is 1. The first-order chi connectivity index (χ1) is 6.08. The second kappa shape index (κ2) is 4.56. The van der Waals surface area contributed by atoms with E-state index in [9.17, 15) is 4.79 Å². The molecule has 1 fully saturated rings. The Morgan fingerprint density at radius 1 is 1.46 bits per heavy atom. The van der Waals surface area contributed by atoms with Crippen molar-refractivity contribution in [3.8, 4) is 0 Å². The molecule has 0 saturated carbocycles. The highest BCUT2D eigenvalue weighted by Crippen LogP contribution is 2.22. The van der Waals surface area contributed by atoms with Crippen LogP contribution in [0.25, 0.3) is 0 Å². The van der Waals surface area contributed by atoms with Crippen LogP contribution in [0.2, 0.25) is 0 Å². The van der Waals surface area contributed by atoms with E-state index in [0.29, 0.717) is 5.88 Å². The molecule has 1 saturated heterocycles. The molecule has 2 nitrogen and oxygen atoms in total. The maximum atomic E-state index is 11.9. The van der Waals surface area contributed by atoms with E-state index in [1.54, 1.807) is 0 Å². The molecule has 0 aromatic carbocycles. The van der Waals surface area contributed by atoms with Gasteiger partial charge in [-0.15, -0.1) is 11.6 Å². The molecule has 1 amide bonds. The Labute approximate surface area is 89.0 Å². The van der Waals surface area contributed by atoms with Gasteiger partial charge in [0.25, 0.3) is 0 Å². The van der Waals surface area contributed by atoms with E-state index < -0.39 is 5.41 Å². The number of rotatable bonds is 2. The van der Waals surface area contributed by atoms with Gasteiger partial charge in [-0.3, -0.25) is 4.79 Å². The minimum Gasteiger partial charge on any atom is -0.341 e. The molecular formula is C9H16ClNOS. The lowest BCUT2D eigenvalue weighted by Gasteiger charge is -2.33. The fourth-order valence-electron chi connectivity index (χ4n) is 1.25. The van der Waals surface area contributed by atoms with Crippen LogP contribution in [0.3, 0.4) is 0 Å². The van der Waals surface area contributed by atoms with Gasteiger partial charge in [-0.1, -0.05) is 0 Å². The minimum absolute atomic E-state index is 0.197. The van der Waals surface area contributed by atoms with Crippen LogP contribution in [-0.2, 0) is 4.79 Å². The average molecular weight is 222 g/mol. The molecule has 4 heteroatoms. The van der Waals surface area contributed by atoms with Crippen LogP contribution in [0.1, 0.15) is 13.8 Å². The zero-order valence-electron chi connectivity index (χ0n) is 8.18. The molecule has 76 valence electrons. The van der Waals surface area contributed by atoms with Crippen molar-refractivity contribution >= 4 is 29.3 Å². The number of alkyl halides is 1. The molecule has 0 atom stereocenters. The number of hydrogen-bond acceptors (Lipinski definition) is 2. The summed E-state index contributed by atoms with van der Waals surface area (Å²) in [7, 11) is 0. The molecule has 0 aliphatic carbocycles. The SMILES string of the molecule is CC(C)(CCl)C(=O)N1CCSCC1. The fraction of sp³-hybridized carbons (Fsp3) is 0.889. The van der Waals surface area contributed by atoms with E-state index in [1.807, 2.05) is 30.5 Å². The van der Waals surface area contributed by atoms with Crippen molar-refractivity contribution in [1.82, 2.24) is 4.90 Å². The summed E-state index contributed by atoms with van der Waals surface area (Å²) in [5, 5.41) is 0. The molecule has 0 aromatic rings. The van der Waals surface area contributed by atoms with Crippen LogP contribution in [0, 0.1) is 5.41 Å².